The van der Waals surface area contributed by atoms with Gasteiger partial charge >= 0.3 is 0 Å². The Bertz CT molecular complexity index is 927. The molecule has 26 heavy (non-hydrogen) atoms. The highest BCUT2D eigenvalue weighted by atomic mass is 32.1. The van der Waals surface area contributed by atoms with Crippen molar-refractivity contribution in [1.29, 1.82) is 10.7 Å². The van der Waals surface area contributed by atoms with E-state index in [0.29, 0.717) is 22.4 Å². The van der Waals surface area contributed by atoms with Crippen LogP contribution in [0.15, 0.2) is 24.3 Å². The van der Waals surface area contributed by atoms with Crippen molar-refractivity contribution in [1.82, 2.24) is 4.90 Å². The molecule has 0 bridgehead atoms. The smallest absolute Gasteiger partial charge is 0.228 e. The van der Waals surface area contributed by atoms with E-state index in [2.05, 4.69) is 0 Å². The summed E-state index contributed by atoms with van der Waals surface area (Å²) in [5.74, 6) is -0.371. The minimum atomic E-state index is -0.573. The second kappa shape index (κ2) is 6.63. The Morgan fingerprint density at radius 1 is 1.38 bits per heavy atom. The van der Waals surface area contributed by atoms with Gasteiger partial charge < -0.3 is 10.0 Å². The van der Waals surface area contributed by atoms with Crippen molar-refractivity contribution < 1.29 is 14.3 Å². The number of halogens is 1. The molecule has 0 unspecified atom stereocenters. The fraction of sp³-hybridized carbons (Fsp3) is 0.316. The van der Waals surface area contributed by atoms with Crippen LogP contribution in [0.1, 0.15) is 35.1 Å². The number of benzene rings is 1. The van der Waals surface area contributed by atoms with Crippen LogP contribution in [0.2, 0.25) is 0 Å². The van der Waals surface area contributed by atoms with Crippen molar-refractivity contribution in [3.05, 3.63) is 45.4 Å². The zero-order chi connectivity index (χ0) is 19.1. The molecule has 2 aromatic rings. The van der Waals surface area contributed by atoms with Crippen molar-refractivity contribution in [3.8, 4) is 17.2 Å². The maximum absolute atomic E-state index is 14.3. The molecule has 1 aromatic heterocycles. The van der Waals surface area contributed by atoms with E-state index >= 15 is 0 Å². The van der Waals surface area contributed by atoms with Gasteiger partial charge in [-0.15, -0.1) is 11.3 Å². The van der Waals surface area contributed by atoms with E-state index in [-0.39, 0.29) is 30.3 Å². The zero-order valence-corrected chi connectivity index (χ0v) is 15.3. The van der Waals surface area contributed by atoms with Gasteiger partial charge in [-0.25, -0.2) is 4.39 Å². The van der Waals surface area contributed by atoms with Crippen LogP contribution in [0.25, 0.3) is 11.1 Å². The fourth-order valence-electron chi connectivity index (χ4n) is 3.20. The van der Waals surface area contributed by atoms with E-state index in [1.807, 2.05) is 13.0 Å². The molecule has 1 aliphatic rings. The molecule has 0 aliphatic carbocycles. The number of nitrogens with one attached hydrogen (secondary N) is 1. The van der Waals surface area contributed by atoms with Crippen molar-refractivity contribution in [2.45, 2.75) is 31.8 Å². The largest absolute Gasteiger partial charge is 0.391 e. The van der Waals surface area contributed by atoms with Gasteiger partial charge in [0.15, 0.2) is 0 Å². The van der Waals surface area contributed by atoms with Gasteiger partial charge in [0.25, 0.3) is 0 Å². The number of hydrogen-bond donors (Lipinski definition) is 2. The number of carbonyl (C=O) groups excluding carboxylic acids is 1. The van der Waals surface area contributed by atoms with E-state index in [1.165, 1.54) is 34.4 Å². The summed E-state index contributed by atoms with van der Waals surface area (Å²) in [4.78, 5) is 15.0. The second-order valence-electron chi connectivity index (χ2n) is 6.73. The van der Waals surface area contributed by atoms with E-state index in [1.54, 1.807) is 13.1 Å². The van der Waals surface area contributed by atoms with E-state index in [4.69, 9.17) is 10.7 Å². The molecular weight excluding hydrogens is 353 g/mol. The summed E-state index contributed by atoms with van der Waals surface area (Å²) in [6, 6.07) is 7.88. The molecule has 1 aliphatic heterocycles. The van der Waals surface area contributed by atoms with Gasteiger partial charge in [0.1, 0.15) is 11.7 Å². The molecular formula is C19H18FN3O2S. The second-order valence-corrected chi connectivity index (χ2v) is 7.86. The molecule has 134 valence electrons. The predicted molar refractivity (Wildman–Crippen MR) is 97.4 cm³/mol. The molecule has 1 amide bonds. The monoisotopic (exact) mass is 371 g/mol. The maximum Gasteiger partial charge on any atom is 0.228 e. The molecule has 1 atom stereocenters. The molecule has 0 radical (unpaired) electrons. The van der Waals surface area contributed by atoms with Crippen molar-refractivity contribution in [3.63, 3.8) is 0 Å². The van der Waals surface area contributed by atoms with E-state index in [0.717, 1.165) is 4.88 Å². The van der Waals surface area contributed by atoms with Crippen molar-refractivity contribution in [2.24, 2.45) is 0 Å². The first-order valence-electron chi connectivity index (χ1n) is 8.07. The molecule has 0 spiro atoms. The van der Waals surface area contributed by atoms with Crippen LogP contribution in [0.4, 0.5) is 4.39 Å². The van der Waals surface area contributed by atoms with Crippen molar-refractivity contribution in [2.75, 3.05) is 7.05 Å². The summed E-state index contributed by atoms with van der Waals surface area (Å²) < 4.78 is 14.3. The highest BCUT2D eigenvalue weighted by molar-refractivity contribution is 7.12. The lowest BCUT2D eigenvalue weighted by molar-refractivity contribution is -0.128. The van der Waals surface area contributed by atoms with Crippen LogP contribution >= 0.6 is 11.3 Å². The number of amidine groups is 1. The first-order chi connectivity index (χ1) is 12.3. The van der Waals surface area contributed by atoms with Crippen LogP contribution in [0, 0.1) is 22.6 Å². The number of nitrogens with zero attached hydrogens (tertiary/aromatic N) is 2. The Balaban J connectivity index is 2.10. The van der Waals surface area contributed by atoms with Crippen molar-refractivity contribution >= 4 is 23.1 Å². The Labute approximate surface area is 154 Å². The van der Waals surface area contributed by atoms with E-state index in [9.17, 15) is 14.3 Å². The molecule has 5 nitrogen and oxygen atoms in total. The number of piperidine rings is 1. The minimum absolute atomic E-state index is 0.137. The number of hydrogen-bond acceptors (Lipinski definition) is 5. The number of aliphatic hydroxyl groups excluding tert-OH is 1. The molecule has 7 heteroatoms. The number of likely N-dealkylation sites (tertiary alicyclic amines) is 1. The standard InChI is InChI=1S/C19H18FN3O2S/c1-19(7-17(22)23(2)18(25)8-19)16-6-13(15(10-24)26-16)12-5-11(9-21)3-4-14(12)20/h3-6,22,24H,7-8,10H2,1-2H3/t19-/m0/s1. The normalized spacial score (nSPS) is 20.3. The van der Waals surface area contributed by atoms with Crippen LogP contribution < -0.4 is 0 Å². The number of aliphatic hydroxyl groups is 1. The third kappa shape index (κ3) is 3.02. The van der Waals surface area contributed by atoms with Gasteiger partial charge in [-0.1, -0.05) is 6.92 Å². The van der Waals surface area contributed by atoms with Gasteiger partial charge in [0.2, 0.25) is 5.91 Å². The lowest BCUT2D eigenvalue weighted by atomic mass is 9.78. The maximum atomic E-state index is 14.3. The minimum Gasteiger partial charge on any atom is -0.391 e. The number of amides is 1. The molecule has 1 fully saturated rings. The Kier molecular flexibility index (Phi) is 4.65. The SMILES string of the molecule is CN1C(=N)C[C@](C)(c2cc(-c3cc(C#N)ccc3F)c(CO)s2)CC1=O. The Hall–Kier alpha value is -2.56. The molecule has 0 saturated carbocycles. The molecule has 2 N–H and O–H groups in total. The van der Waals surface area contributed by atoms with Gasteiger partial charge in [-0.05, 0) is 24.3 Å². The average Bonchev–Trinajstić information content (AvgIpc) is 3.05. The number of carbonyl (C=O) groups is 1. The Morgan fingerprint density at radius 3 is 2.73 bits per heavy atom. The summed E-state index contributed by atoms with van der Waals surface area (Å²) in [5, 5.41) is 26.9. The average molecular weight is 371 g/mol. The summed E-state index contributed by atoms with van der Waals surface area (Å²) in [5.41, 5.74) is 0.548. The number of thiophene rings is 1. The van der Waals surface area contributed by atoms with E-state index < -0.39 is 11.2 Å². The summed E-state index contributed by atoms with van der Waals surface area (Å²) in [6.45, 7) is 1.64. The third-order valence-corrected chi connectivity index (χ3v) is 6.24. The van der Waals surface area contributed by atoms with Crippen LogP contribution in [0.5, 0.6) is 0 Å². The predicted octanol–water partition coefficient (Wildman–Crippen LogP) is 3.41. The summed E-state index contributed by atoms with van der Waals surface area (Å²) in [6.07, 6.45) is 0.637. The molecule has 3 rings (SSSR count). The molecule has 1 saturated heterocycles. The quantitative estimate of drug-likeness (QED) is 0.867. The third-order valence-electron chi connectivity index (χ3n) is 4.81. The first-order valence-corrected chi connectivity index (χ1v) is 8.89. The highest BCUT2D eigenvalue weighted by Gasteiger charge is 2.40. The fourth-order valence-corrected chi connectivity index (χ4v) is 4.38. The summed E-state index contributed by atoms with van der Waals surface area (Å²) in [7, 11) is 1.59. The number of nitriles is 1. The topological polar surface area (TPSA) is 88.2 Å². The molecule has 1 aromatic carbocycles. The lowest BCUT2D eigenvalue weighted by Crippen LogP contribution is -2.46. The molecule has 2 heterocycles. The number of rotatable bonds is 3. The van der Waals surface area contributed by atoms with Gasteiger partial charge in [-0.2, -0.15) is 5.26 Å². The van der Waals surface area contributed by atoms with Crippen LogP contribution in [0.3, 0.4) is 0 Å². The van der Waals surface area contributed by atoms with Crippen LogP contribution in [-0.4, -0.2) is 28.8 Å². The van der Waals surface area contributed by atoms with Crippen LogP contribution in [-0.2, 0) is 16.8 Å². The van der Waals surface area contributed by atoms with Gasteiger partial charge in [0.05, 0.1) is 18.2 Å². The lowest BCUT2D eigenvalue weighted by Gasteiger charge is -2.36. The summed E-state index contributed by atoms with van der Waals surface area (Å²) >= 11 is 1.32. The van der Waals surface area contributed by atoms with Gasteiger partial charge in [0, 0.05) is 46.2 Å². The van der Waals surface area contributed by atoms with Gasteiger partial charge in [-0.3, -0.25) is 10.2 Å². The first kappa shape index (κ1) is 18.2. The highest BCUT2D eigenvalue weighted by Crippen LogP contribution is 2.44. The Morgan fingerprint density at radius 2 is 2.12 bits per heavy atom. The zero-order valence-electron chi connectivity index (χ0n) is 14.5.